The van der Waals surface area contributed by atoms with E-state index in [0.717, 1.165) is 38.1 Å². The average Bonchev–Trinajstić information content (AvgIpc) is 2.63. The Bertz CT molecular complexity index is 153. The van der Waals surface area contributed by atoms with E-state index in [2.05, 4.69) is 12.2 Å². The molecule has 0 amide bonds. The summed E-state index contributed by atoms with van der Waals surface area (Å²) in [5.41, 5.74) is 0. The highest BCUT2D eigenvalue weighted by molar-refractivity contribution is 4.77. The summed E-state index contributed by atoms with van der Waals surface area (Å²) in [6.45, 7) is 5.70. The van der Waals surface area contributed by atoms with E-state index in [4.69, 9.17) is 9.47 Å². The van der Waals surface area contributed by atoms with Gasteiger partial charge in [-0.2, -0.15) is 0 Å². The highest BCUT2D eigenvalue weighted by atomic mass is 16.5. The minimum absolute atomic E-state index is 0.702. The maximum Gasteiger partial charge on any atom is 0.0700 e. The van der Waals surface area contributed by atoms with Crippen LogP contribution in [0.2, 0.25) is 0 Å². The minimum atomic E-state index is 0.702. The van der Waals surface area contributed by atoms with E-state index < -0.39 is 0 Å². The van der Waals surface area contributed by atoms with Crippen LogP contribution in [-0.4, -0.2) is 39.5 Å². The Hall–Kier alpha value is -0.120. The van der Waals surface area contributed by atoms with E-state index in [1.165, 1.54) is 19.3 Å². The molecule has 1 N–H and O–H groups in total. The molecule has 15 heavy (non-hydrogen) atoms. The highest BCUT2D eigenvalue weighted by Crippen LogP contribution is 2.24. The van der Waals surface area contributed by atoms with Gasteiger partial charge in [0, 0.05) is 19.8 Å². The Morgan fingerprint density at radius 1 is 1.20 bits per heavy atom. The number of rotatable bonds is 8. The molecule has 0 bridgehead atoms. The lowest BCUT2D eigenvalue weighted by molar-refractivity contribution is 0.0692. The average molecular weight is 215 g/mol. The third-order valence-corrected chi connectivity index (χ3v) is 3.03. The predicted octanol–water partition coefficient (Wildman–Crippen LogP) is 1.82. The van der Waals surface area contributed by atoms with Crippen LogP contribution in [0.1, 0.15) is 32.6 Å². The summed E-state index contributed by atoms with van der Waals surface area (Å²) < 4.78 is 10.3. The predicted molar refractivity (Wildman–Crippen MR) is 62.1 cm³/mol. The van der Waals surface area contributed by atoms with E-state index in [1.54, 1.807) is 7.11 Å². The van der Waals surface area contributed by atoms with Crippen molar-refractivity contribution in [3.05, 3.63) is 0 Å². The van der Waals surface area contributed by atoms with Crippen molar-refractivity contribution in [1.82, 2.24) is 5.32 Å². The number of methoxy groups -OCH3 is 1. The van der Waals surface area contributed by atoms with E-state index >= 15 is 0 Å². The second kappa shape index (κ2) is 8.08. The number of hydrogen-bond acceptors (Lipinski definition) is 3. The maximum absolute atomic E-state index is 5.39. The SMILES string of the molecule is COCCOCCCNC1CCC(C)C1. The molecule has 90 valence electrons. The molecule has 2 atom stereocenters. The third-order valence-electron chi connectivity index (χ3n) is 3.03. The molecular formula is C12H25NO2. The van der Waals surface area contributed by atoms with Gasteiger partial charge in [-0.1, -0.05) is 6.92 Å². The summed E-state index contributed by atoms with van der Waals surface area (Å²) in [7, 11) is 1.70. The van der Waals surface area contributed by atoms with Crippen LogP contribution in [0.25, 0.3) is 0 Å². The molecular weight excluding hydrogens is 190 g/mol. The first-order valence-electron chi connectivity index (χ1n) is 6.13. The number of ether oxygens (including phenoxy) is 2. The topological polar surface area (TPSA) is 30.5 Å². The van der Waals surface area contributed by atoms with Gasteiger partial charge in [-0.05, 0) is 38.1 Å². The van der Waals surface area contributed by atoms with Gasteiger partial charge in [0.2, 0.25) is 0 Å². The van der Waals surface area contributed by atoms with Crippen LogP contribution in [-0.2, 0) is 9.47 Å². The zero-order valence-electron chi connectivity index (χ0n) is 10.1. The van der Waals surface area contributed by atoms with Gasteiger partial charge in [-0.3, -0.25) is 0 Å². The molecule has 1 saturated carbocycles. The summed E-state index contributed by atoms with van der Waals surface area (Å²) in [6.07, 6.45) is 5.20. The molecule has 0 saturated heterocycles. The normalized spacial score (nSPS) is 26.0. The van der Waals surface area contributed by atoms with E-state index in [0.29, 0.717) is 6.61 Å². The second-order valence-corrected chi connectivity index (χ2v) is 4.53. The van der Waals surface area contributed by atoms with Crippen molar-refractivity contribution in [1.29, 1.82) is 0 Å². The van der Waals surface area contributed by atoms with E-state index in [1.807, 2.05) is 0 Å². The Morgan fingerprint density at radius 2 is 2.07 bits per heavy atom. The lowest BCUT2D eigenvalue weighted by Gasteiger charge is -2.12. The molecule has 1 fully saturated rings. The largest absolute Gasteiger partial charge is 0.382 e. The van der Waals surface area contributed by atoms with Crippen molar-refractivity contribution in [2.75, 3.05) is 33.5 Å². The fourth-order valence-electron chi connectivity index (χ4n) is 2.12. The van der Waals surface area contributed by atoms with Crippen molar-refractivity contribution in [2.45, 2.75) is 38.6 Å². The Balaban J connectivity index is 1.81. The minimum Gasteiger partial charge on any atom is -0.382 e. The van der Waals surface area contributed by atoms with Crippen LogP contribution >= 0.6 is 0 Å². The van der Waals surface area contributed by atoms with Gasteiger partial charge in [0.1, 0.15) is 0 Å². The zero-order chi connectivity index (χ0) is 10.9. The zero-order valence-corrected chi connectivity index (χ0v) is 10.1. The monoisotopic (exact) mass is 215 g/mol. The fourth-order valence-corrected chi connectivity index (χ4v) is 2.12. The molecule has 0 aromatic carbocycles. The highest BCUT2D eigenvalue weighted by Gasteiger charge is 2.19. The van der Waals surface area contributed by atoms with Crippen molar-refractivity contribution < 1.29 is 9.47 Å². The molecule has 0 aromatic heterocycles. The lowest BCUT2D eigenvalue weighted by atomic mass is 10.1. The van der Waals surface area contributed by atoms with E-state index in [9.17, 15) is 0 Å². The van der Waals surface area contributed by atoms with Gasteiger partial charge < -0.3 is 14.8 Å². The van der Waals surface area contributed by atoms with Crippen LogP contribution in [0.5, 0.6) is 0 Å². The van der Waals surface area contributed by atoms with Crippen molar-refractivity contribution >= 4 is 0 Å². The van der Waals surface area contributed by atoms with Crippen molar-refractivity contribution in [3.8, 4) is 0 Å². The summed E-state index contributed by atoms with van der Waals surface area (Å²) in [6, 6.07) is 0.763. The van der Waals surface area contributed by atoms with Crippen molar-refractivity contribution in [3.63, 3.8) is 0 Å². The van der Waals surface area contributed by atoms with Crippen LogP contribution in [0, 0.1) is 5.92 Å². The molecule has 0 aromatic rings. The first kappa shape index (κ1) is 12.9. The number of hydrogen-bond donors (Lipinski definition) is 1. The van der Waals surface area contributed by atoms with Gasteiger partial charge >= 0.3 is 0 Å². The summed E-state index contributed by atoms with van der Waals surface area (Å²) in [5, 5.41) is 3.59. The first-order valence-corrected chi connectivity index (χ1v) is 6.13. The quantitative estimate of drug-likeness (QED) is 0.626. The summed E-state index contributed by atoms with van der Waals surface area (Å²) in [4.78, 5) is 0. The van der Waals surface area contributed by atoms with Crippen LogP contribution in [0.4, 0.5) is 0 Å². The van der Waals surface area contributed by atoms with Gasteiger partial charge in [0.05, 0.1) is 13.2 Å². The maximum atomic E-state index is 5.39. The Morgan fingerprint density at radius 3 is 2.73 bits per heavy atom. The molecule has 0 radical (unpaired) electrons. The summed E-state index contributed by atoms with van der Waals surface area (Å²) in [5.74, 6) is 0.917. The third kappa shape index (κ3) is 6.13. The fraction of sp³-hybridized carbons (Fsp3) is 1.00. The van der Waals surface area contributed by atoms with Gasteiger partial charge in [-0.25, -0.2) is 0 Å². The van der Waals surface area contributed by atoms with Gasteiger partial charge in [-0.15, -0.1) is 0 Å². The van der Waals surface area contributed by atoms with Crippen LogP contribution in [0.3, 0.4) is 0 Å². The standard InChI is InChI=1S/C12H25NO2/c1-11-4-5-12(10-11)13-6-3-7-15-9-8-14-2/h11-13H,3-10H2,1-2H3. The van der Waals surface area contributed by atoms with Crippen molar-refractivity contribution in [2.24, 2.45) is 5.92 Å². The Labute approximate surface area is 93.5 Å². The molecule has 3 heteroatoms. The smallest absolute Gasteiger partial charge is 0.0700 e. The van der Waals surface area contributed by atoms with Gasteiger partial charge in [0.25, 0.3) is 0 Å². The van der Waals surface area contributed by atoms with E-state index in [-0.39, 0.29) is 0 Å². The molecule has 0 aliphatic heterocycles. The molecule has 1 aliphatic carbocycles. The molecule has 1 rings (SSSR count). The lowest BCUT2D eigenvalue weighted by Crippen LogP contribution is -2.28. The molecule has 1 aliphatic rings. The summed E-state index contributed by atoms with van der Waals surface area (Å²) >= 11 is 0. The molecule has 0 heterocycles. The second-order valence-electron chi connectivity index (χ2n) is 4.53. The first-order chi connectivity index (χ1) is 7.33. The van der Waals surface area contributed by atoms with Crippen LogP contribution in [0.15, 0.2) is 0 Å². The molecule has 0 spiro atoms. The molecule has 2 unspecified atom stereocenters. The molecule has 3 nitrogen and oxygen atoms in total. The van der Waals surface area contributed by atoms with Crippen LogP contribution < -0.4 is 5.32 Å². The Kier molecular flexibility index (Phi) is 6.98. The van der Waals surface area contributed by atoms with Gasteiger partial charge in [0.15, 0.2) is 0 Å². The number of nitrogens with one attached hydrogen (secondary N) is 1.